The van der Waals surface area contributed by atoms with Crippen LogP contribution in [0.4, 0.5) is 5.69 Å². The number of nitrogens with one attached hydrogen (secondary N) is 2. The highest BCUT2D eigenvalue weighted by atomic mass is 16.5. The molecule has 0 saturated carbocycles. The van der Waals surface area contributed by atoms with Gasteiger partial charge in [-0.3, -0.25) is 15.0 Å². The van der Waals surface area contributed by atoms with Crippen molar-refractivity contribution in [1.82, 2.24) is 15.4 Å². The standard InChI is InChI=1S/C25H24N4O3/c30-14-2-1-12-27-20-9-7-18(8-10-20)17-3-5-19(6-4-17)23-15-22(25(31)29-32)21-11-13-26-16-24(21)28-23/h3-11,13,15-16,27,30,32H,1-2,12,14H2,(H,29,31). The zero-order chi connectivity index (χ0) is 22.3. The van der Waals surface area contributed by atoms with E-state index in [1.807, 2.05) is 36.4 Å². The van der Waals surface area contributed by atoms with Crippen molar-refractivity contribution in [3.8, 4) is 22.4 Å². The fourth-order valence-corrected chi connectivity index (χ4v) is 3.56. The third-order valence-corrected chi connectivity index (χ3v) is 5.27. The minimum atomic E-state index is -0.591. The van der Waals surface area contributed by atoms with Crippen LogP contribution in [0, 0.1) is 0 Å². The summed E-state index contributed by atoms with van der Waals surface area (Å²) in [6.45, 7) is 1.05. The molecule has 7 heteroatoms. The molecule has 0 radical (unpaired) electrons. The first-order valence-electron chi connectivity index (χ1n) is 10.4. The number of aliphatic hydroxyl groups excluding tert-OH is 1. The highest BCUT2D eigenvalue weighted by Gasteiger charge is 2.13. The number of hydrogen-bond acceptors (Lipinski definition) is 6. The molecule has 1 amide bonds. The summed E-state index contributed by atoms with van der Waals surface area (Å²) in [7, 11) is 0. The molecule has 162 valence electrons. The Bertz CT molecular complexity index is 1210. The summed E-state index contributed by atoms with van der Waals surface area (Å²) in [4.78, 5) is 20.9. The van der Waals surface area contributed by atoms with Crippen molar-refractivity contribution in [3.05, 3.63) is 78.6 Å². The summed E-state index contributed by atoms with van der Waals surface area (Å²) in [6, 6.07) is 19.5. The van der Waals surface area contributed by atoms with E-state index in [1.165, 1.54) is 0 Å². The van der Waals surface area contributed by atoms with Gasteiger partial charge < -0.3 is 10.4 Å². The third-order valence-electron chi connectivity index (χ3n) is 5.27. The van der Waals surface area contributed by atoms with Gasteiger partial charge >= 0.3 is 0 Å². The molecule has 0 aliphatic heterocycles. The number of rotatable bonds is 8. The average Bonchev–Trinajstić information content (AvgIpc) is 2.86. The number of carbonyl (C=O) groups excluding carboxylic acids is 1. The Kier molecular flexibility index (Phi) is 6.69. The molecule has 0 aliphatic rings. The number of amides is 1. The predicted octanol–water partition coefficient (Wildman–Crippen LogP) is 4.27. The average molecular weight is 428 g/mol. The first-order chi connectivity index (χ1) is 15.7. The molecular formula is C25H24N4O3. The van der Waals surface area contributed by atoms with E-state index in [9.17, 15) is 4.79 Å². The zero-order valence-corrected chi connectivity index (χ0v) is 17.5. The van der Waals surface area contributed by atoms with Crippen molar-refractivity contribution in [2.24, 2.45) is 0 Å². The topological polar surface area (TPSA) is 107 Å². The number of hydroxylamine groups is 1. The lowest BCUT2D eigenvalue weighted by atomic mass is 10.0. The number of benzene rings is 2. The van der Waals surface area contributed by atoms with Crippen LogP contribution < -0.4 is 10.8 Å². The maximum Gasteiger partial charge on any atom is 0.275 e. The van der Waals surface area contributed by atoms with Gasteiger partial charge in [0, 0.05) is 36.0 Å². The van der Waals surface area contributed by atoms with E-state index in [4.69, 9.17) is 10.3 Å². The number of carbonyl (C=O) groups is 1. The van der Waals surface area contributed by atoms with Gasteiger partial charge in [-0.15, -0.1) is 0 Å². The summed E-state index contributed by atoms with van der Waals surface area (Å²) in [5, 5.41) is 21.9. The van der Waals surface area contributed by atoms with Crippen molar-refractivity contribution in [2.75, 3.05) is 18.5 Å². The second-order valence-corrected chi connectivity index (χ2v) is 7.40. The monoisotopic (exact) mass is 428 g/mol. The molecule has 4 aromatic rings. The van der Waals surface area contributed by atoms with Gasteiger partial charge in [-0.1, -0.05) is 36.4 Å². The lowest BCUT2D eigenvalue weighted by molar-refractivity contribution is 0.0708. The maximum atomic E-state index is 12.2. The van der Waals surface area contributed by atoms with Crippen molar-refractivity contribution in [3.63, 3.8) is 0 Å². The summed E-state index contributed by atoms with van der Waals surface area (Å²) in [6.07, 6.45) is 4.91. The van der Waals surface area contributed by atoms with E-state index < -0.39 is 5.91 Å². The van der Waals surface area contributed by atoms with Gasteiger partial charge in [0.2, 0.25) is 0 Å². The Morgan fingerprint density at radius 1 is 0.906 bits per heavy atom. The maximum absolute atomic E-state index is 12.2. The van der Waals surface area contributed by atoms with E-state index in [1.54, 1.807) is 30.0 Å². The number of unbranched alkanes of at least 4 members (excludes halogenated alkanes) is 1. The summed E-state index contributed by atoms with van der Waals surface area (Å²) < 4.78 is 0. The molecule has 4 rings (SSSR count). The van der Waals surface area contributed by atoms with E-state index >= 15 is 0 Å². The number of pyridine rings is 2. The van der Waals surface area contributed by atoms with Gasteiger partial charge in [0.25, 0.3) is 5.91 Å². The first-order valence-corrected chi connectivity index (χ1v) is 10.4. The molecule has 4 N–H and O–H groups in total. The van der Waals surface area contributed by atoms with Gasteiger partial charge in [-0.2, -0.15) is 0 Å². The van der Waals surface area contributed by atoms with Gasteiger partial charge in [0.1, 0.15) is 0 Å². The van der Waals surface area contributed by atoms with Crippen molar-refractivity contribution in [2.45, 2.75) is 12.8 Å². The molecule has 32 heavy (non-hydrogen) atoms. The smallest absolute Gasteiger partial charge is 0.275 e. The van der Waals surface area contributed by atoms with E-state index in [0.29, 0.717) is 22.2 Å². The third kappa shape index (κ3) is 4.74. The van der Waals surface area contributed by atoms with Crippen LogP contribution in [0.3, 0.4) is 0 Å². The fraction of sp³-hybridized carbons (Fsp3) is 0.160. The van der Waals surface area contributed by atoms with Crippen LogP contribution in [-0.4, -0.2) is 39.3 Å². The highest BCUT2D eigenvalue weighted by molar-refractivity contribution is 6.06. The number of hydrogen-bond donors (Lipinski definition) is 4. The molecule has 2 heterocycles. The molecular weight excluding hydrogens is 404 g/mol. The molecule has 7 nitrogen and oxygen atoms in total. The van der Waals surface area contributed by atoms with Crippen LogP contribution in [0.5, 0.6) is 0 Å². The SMILES string of the molecule is O=C(NO)c1cc(-c2ccc(-c3ccc(NCCCCO)cc3)cc2)nc2cnccc12. The fourth-order valence-electron chi connectivity index (χ4n) is 3.56. The van der Waals surface area contributed by atoms with Crippen LogP contribution in [0.25, 0.3) is 33.3 Å². The van der Waals surface area contributed by atoms with E-state index in [-0.39, 0.29) is 6.61 Å². The number of anilines is 1. The van der Waals surface area contributed by atoms with Gasteiger partial charge in [0.15, 0.2) is 0 Å². The van der Waals surface area contributed by atoms with Gasteiger partial charge in [0.05, 0.1) is 23.0 Å². The number of fused-ring (bicyclic) bond motifs is 1. The second kappa shape index (κ2) is 10.00. The largest absolute Gasteiger partial charge is 0.396 e. The molecule has 0 unspecified atom stereocenters. The Morgan fingerprint density at radius 2 is 1.59 bits per heavy atom. The first kappa shape index (κ1) is 21.4. The molecule has 0 bridgehead atoms. The summed E-state index contributed by atoms with van der Waals surface area (Å²) in [5.74, 6) is -0.591. The molecule has 2 aromatic carbocycles. The van der Waals surface area contributed by atoms with Crippen molar-refractivity contribution in [1.29, 1.82) is 0 Å². The summed E-state index contributed by atoms with van der Waals surface area (Å²) in [5.41, 5.74) is 7.30. The Hall–Kier alpha value is -3.81. The van der Waals surface area contributed by atoms with E-state index in [0.717, 1.165) is 41.8 Å². The molecule has 0 aliphatic carbocycles. The molecule has 0 atom stereocenters. The quantitative estimate of drug-likeness (QED) is 0.190. The summed E-state index contributed by atoms with van der Waals surface area (Å²) >= 11 is 0. The second-order valence-electron chi connectivity index (χ2n) is 7.40. The van der Waals surface area contributed by atoms with E-state index in [2.05, 4.69) is 27.4 Å². The van der Waals surface area contributed by atoms with Gasteiger partial charge in [-0.05, 0) is 48.2 Å². The predicted molar refractivity (Wildman–Crippen MR) is 124 cm³/mol. The Balaban J connectivity index is 1.56. The number of nitrogens with zero attached hydrogens (tertiary/aromatic N) is 2. The normalized spacial score (nSPS) is 10.8. The van der Waals surface area contributed by atoms with Crippen LogP contribution in [0.2, 0.25) is 0 Å². The minimum absolute atomic E-state index is 0.220. The molecule has 0 saturated heterocycles. The zero-order valence-electron chi connectivity index (χ0n) is 17.5. The van der Waals surface area contributed by atoms with Crippen LogP contribution in [-0.2, 0) is 0 Å². The molecule has 2 aromatic heterocycles. The number of aliphatic hydroxyl groups is 1. The number of aromatic nitrogens is 2. The lowest BCUT2D eigenvalue weighted by Crippen LogP contribution is -2.19. The Labute approximate surface area is 185 Å². The van der Waals surface area contributed by atoms with Crippen LogP contribution in [0.1, 0.15) is 23.2 Å². The van der Waals surface area contributed by atoms with Crippen LogP contribution in [0.15, 0.2) is 73.1 Å². The molecule has 0 spiro atoms. The lowest BCUT2D eigenvalue weighted by Gasteiger charge is -2.10. The minimum Gasteiger partial charge on any atom is -0.396 e. The van der Waals surface area contributed by atoms with Crippen molar-refractivity contribution < 1.29 is 15.1 Å². The van der Waals surface area contributed by atoms with Gasteiger partial charge in [-0.25, -0.2) is 10.5 Å². The van der Waals surface area contributed by atoms with Crippen LogP contribution >= 0.6 is 0 Å². The molecule has 0 fully saturated rings. The van der Waals surface area contributed by atoms with Crippen molar-refractivity contribution >= 4 is 22.5 Å². The Morgan fingerprint density at radius 3 is 2.28 bits per heavy atom. The highest BCUT2D eigenvalue weighted by Crippen LogP contribution is 2.28.